The molecule has 1 aliphatic heterocycles. The molecule has 0 bridgehead atoms. The molecular weight excluding hydrogens is 230 g/mol. The number of fused-ring (bicyclic) bond motifs is 1. The first kappa shape index (κ1) is 10.7. The van der Waals surface area contributed by atoms with E-state index in [0.717, 1.165) is 18.0 Å². The molecule has 0 atom stereocenters. The van der Waals surface area contributed by atoms with Crippen molar-refractivity contribution in [3.63, 3.8) is 0 Å². The van der Waals surface area contributed by atoms with E-state index in [1.807, 2.05) is 18.2 Å². The standard InChI is InChI=1S/C15H14ClN/c16-14-5-1-3-11(10-14)12-6-7-15-13(9-12)4-2-8-17-15/h1,3,5-7,9-10,17H,2,4,8H2. The predicted molar refractivity (Wildman–Crippen MR) is 73.7 cm³/mol. The van der Waals surface area contributed by atoms with Crippen LogP contribution in [0.4, 0.5) is 5.69 Å². The van der Waals surface area contributed by atoms with E-state index in [0.29, 0.717) is 0 Å². The Morgan fingerprint density at radius 2 is 1.88 bits per heavy atom. The Labute approximate surface area is 106 Å². The molecule has 1 N–H and O–H groups in total. The van der Waals surface area contributed by atoms with Crippen LogP contribution in [0.2, 0.25) is 5.02 Å². The van der Waals surface area contributed by atoms with Gasteiger partial charge in [-0.1, -0.05) is 29.8 Å². The Kier molecular flexibility index (Phi) is 2.77. The molecule has 1 nitrogen and oxygen atoms in total. The van der Waals surface area contributed by atoms with E-state index in [1.165, 1.54) is 28.8 Å². The molecule has 2 aromatic rings. The zero-order chi connectivity index (χ0) is 11.7. The average molecular weight is 244 g/mol. The Morgan fingerprint density at radius 1 is 1.00 bits per heavy atom. The summed E-state index contributed by atoms with van der Waals surface area (Å²) < 4.78 is 0. The molecule has 0 amide bonds. The summed E-state index contributed by atoms with van der Waals surface area (Å²) in [4.78, 5) is 0. The zero-order valence-corrected chi connectivity index (χ0v) is 10.3. The molecule has 1 aliphatic rings. The Hall–Kier alpha value is -1.47. The lowest BCUT2D eigenvalue weighted by Crippen LogP contribution is -2.11. The molecule has 0 unspecified atom stereocenters. The number of rotatable bonds is 1. The first-order valence-electron chi connectivity index (χ1n) is 5.96. The van der Waals surface area contributed by atoms with Crippen LogP contribution in [0.15, 0.2) is 42.5 Å². The fraction of sp³-hybridized carbons (Fsp3) is 0.200. The van der Waals surface area contributed by atoms with Crippen LogP contribution < -0.4 is 5.32 Å². The monoisotopic (exact) mass is 243 g/mol. The maximum Gasteiger partial charge on any atom is 0.0412 e. The molecule has 2 heteroatoms. The maximum atomic E-state index is 6.03. The highest BCUT2D eigenvalue weighted by molar-refractivity contribution is 6.30. The molecule has 0 aliphatic carbocycles. The van der Waals surface area contributed by atoms with E-state index in [9.17, 15) is 0 Å². The van der Waals surface area contributed by atoms with Gasteiger partial charge in [0.15, 0.2) is 0 Å². The van der Waals surface area contributed by atoms with Crippen molar-refractivity contribution < 1.29 is 0 Å². The van der Waals surface area contributed by atoms with E-state index in [2.05, 4.69) is 29.6 Å². The van der Waals surface area contributed by atoms with Crippen molar-refractivity contribution in [1.29, 1.82) is 0 Å². The van der Waals surface area contributed by atoms with Crippen molar-refractivity contribution in [2.75, 3.05) is 11.9 Å². The predicted octanol–water partition coefficient (Wildman–Crippen LogP) is 4.37. The van der Waals surface area contributed by atoms with Gasteiger partial charge in [0.2, 0.25) is 0 Å². The number of aryl methyl sites for hydroxylation is 1. The number of halogens is 1. The minimum absolute atomic E-state index is 0.790. The van der Waals surface area contributed by atoms with Crippen LogP contribution in [-0.4, -0.2) is 6.54 Å². The van der Waals surface area contributed by atoms with Gasteiger partial charge in [-0.3, -0.25) is 0 Å². The van der Waals surface area contributed by atoms with Gasteiger partial charge in [0.25, 0.3) is 0 Å². The molecule has 0 saturated carbocycles. The fourth-order valence-corrected chi connectivity index (χ4v) is 2.51. The topological polar surface area (TPSA) is 12.0 Å². The molecule has 3 rings (SSSR count). The molecule has 0 spiro atoms. The maximum absolute atomic E-state index is 6.03. The summed E-state index contributed by atoms with van der Waals surface area (Å²) >= 11 is 6.03. The summed E-state index contributed by atoms with van der Waals surface area (Å²) in [5.74, 6) is 0. The summed E-state index contributed by atoms with van der Waals surface area (Å²) in [5, 5.41) is 4.22. The number of anilines is 1. The quantitative estimate of drug-likeness (QED) is 0.785. The molecule has 17 heavy (non-hydrogen) atoms. The second-order valence-electron chi connectivity index (χ2n) is 4.41. The van der Waals surface area contributed by atoms with E-state index in [-0.39, 0.29) is 0 Å². The summed E-state index contributed by atoms with van der Waals surface area (Å²) in [6, 6.07) is 14.6. The summed E-state index contributed by atoms with van der Waals surface area (Å²) in [5.41, 5.74) is 5.12. The van der Waals surface area contributed by atoms with Crippen LogP contribution in [0.5, 0.6) is 0 Å². The number of hydrogen-bond donors (Lipinski definition) is 1. The Balaban J connectivity index is 2.04. The third-order valence-electron chi connectivity index (χ3n) is 3.20. The third-order valence-corrected chi connectivity index (χ3v) is 3.44. The smallest absolute Gasteiger partial charge is 0.0412 e. The largest absolute Gasteiger partial charge is 0.385 e. The summed E-state index contributed by atoms with van der Waals surface area (Å²) in [7, 11) is 0. The highest BCUT2D eigenvalue weighted by Crippen LogP contribution is 2.29. The van der Waals surface area contributed by atoms with Gasteiger partial charge >= 0.3 is 0 Å². The van der Waals surface area contributed by atoms with E-state index in [4.69, 9.17) is 11.6 Å². The Bertz CT molecular complexity index is 548. The van der Waals surface area contributed by atoms with Crippen LogP contribution in [0, 0.1) is 0 Å². The van der Waals surface area contributed by atoms with Crippen molar-refractivity contribution in [1.82, 2.24) is 0 Å². The normalized spacial score (nSPS) is 13.9. The Morgan fingerprint density at radius 3 is 2.76 bits per heavy atom. The highest BCUT2D eigenvalue weighted by atomic mass is 35.5. The summed E-state index contributed by atoms with van der Waals surface area (Å²) in [6.07, 6.45) is 2.38. The van der Waals surface area contributed by atoms with Crippen molar-refractivity contribution in [3.8, 4) is 11.1 Å². The van der Waals surface area contributed by atoms with Crippen molar-refractivity contribution in [3.05, 3.63) is 53.1 Å². The second-order valence-corrected chi connectivity index (χ2v) is 4.85. The van der Waals surface area contributed by atoms with Gasteiger partial charge in [-0.15, -0.1) is 0 Å². The first-order valence-corrected chi connectivity index (χ1v) is 6.33. The van der Waals surface area contributed by atoms with Crippen molar-refractivity contribution in [2.24, 2.45) is 0 Å². The van der Waals surface area contributed by atoms with Crippen LogP contribution in [0.3, 0.4) is 0 Å². The number of nitrogens with one attached hydrogen (secondary N) is 1. The van der Waals surface area contributed by atoms with Crippen LogP contribution in [-0.2, 0) is 6.42 Å². The molecule has 0 fully saturated rings. The first-order chi connectivity index (χ1) is 8.33. The fourth-order valence-electron chi connectivity index (χ4n) is 2.32. The van der Waals surface area contributed by atoms with Gasteiger partial charge < -0.3 is 5.32 Å². The van der Waals surface area contributed by atoms with E-state index in [1.54, 1.807) is 0 Å². The van der Waals surface area contributed by atoms with Gasteiger partial charge in [0, 0.05) is 17.3 Å². The van der Waals surface area contributed by atoms with Crippen LogP contribution in [0.25, 0.3) is 11.1 Å². The molecule has 2 aromatic carbocycles. The third kappa shape index (κ3) is 2.16. The van der Waals surface area contributed by atoms with Crippen LogP contribution >= 0.6 is 11.6 Å². The molecule has 0 aromatic heterocycles. The number of benzene rings is 2. The lowest BCUT2D eigenvalue weighted by Gasteiger charge is -2.18. The molecule has 86 valence electrons. The SMILES string of the molecule is Clc1cccc(-c2ccc3c(c2)CCCN3)c1. The lowest BCUT2D eigenvalue weighted by molar-refractivity contribution is 0.830. The minimum Gasteiger partial charge on any atom is -0.385 e. The minimum atomic E-state index is 0.790. The highest BCUT2D eigenvalue weighted by Gasteiger charge is 2.09. The van der Waals surface area contributed by atoms with Gasteiger partial charge in [-0.05, 0) is 53.8 Å². The molecule has 0 radical (unpaired) electrons. The van der Waals surface area contributed by atoms with E-state index < -0.39 is 0 Å². The molecule has 1 heterocycles. The van der Waals surface area contributed by atoms with E-state index >= 15 is 0 Å². The van der Waals surface area contributed by atoms with Crippen molar-refractivity contribution in [2.45, 2.75) is 12.8 Å². The van der Waals surface area contributed by atoms with Crippen molar-refractivity contribution >= 4 is 17.3 Å². The van der Waals surface area contributed by atoms with Gasteiger partial charge in [-0.25, -0.2) is 0 Å². The average Bonchev–Trinajstić information content (AvgIpc) is 2.38. The van der Waals surface area contributed by atoms with Gasteiger partial charge in [0.05, 0.1) is 0 Å². The molecular formula is C15H14ClN. The van der Waals surface area contributed by atoms with Gasteiger partial charge in [-0.2, -0.15) is 0 Å². The zero-order valence-electron chi connectivity index (χ0n) is 9.54. The van der Waals surface area contributed by atoms with Crippen LogP contribution in [0.1, 0.15) is 12.0 Å². The lowest BCUT2D eigenvalue weighted by atomic mass is 9.97. The molecule has 0 saturated heterocycles. The number of hydrogen-bond acceptors (Lipinski definition) is 1. The summed E-state index contributed by atoms with van der Waals surface area (Å²) in [6.45, 7) is 1.09. The van der Waals surface area contributed by atoms with Gasteiger partial charge in [0.1, 0.15) is 0 Å². The second kappa shape index (κ2) is 4.42.